The third-order valence-electron chi connectivity index (χ3n) is 5.69. The zero-order valence-corrected chi connectivity index (χ0v) is 17.0. The fourth-order valence-corrected chi connectivity index (χ4v) is 4.85. The van der Waals surface area contributed by atoms with Crippen LogP contribution in [0, 0.1) is 35.5 Å². The molecule has 8 heteroatoms. The highest BCUT2D eigenvalue weighted by atomic mass is 16.5. The summed E-state index contributed by atoms with van der Waals surface area (Å²) in [6.45, 7) is 7.37. The van der Waals surface area contributed by atoms with Crippen LogP contribution in [0.15, 0.2) is 0 Å². The van der Waals surface area contributed by atoms with Crippen molar-refractivity contribution in [2.24, 2.45) is 35.5 Å². The van der Waals surface area contributed by atoms with Gasteiger partial charge in [-0.05, 0) is 52.4 Å². The molecule has 0 aromatic rings. The lowest BCUT2D eigenvalue weighted by atomic mass is 9.50. The minimum atomic E-state index is -0.835. The van der Waals surface area contributed by atoms with Gasteiger partial charge in [0.1, 0.15) is 0 Å². The van der Waals surface area contributed by atoms with Gasteiger partial charge in [0.2, 0.25) is 0 Å². The summed E-state index contributed by atoms with van der Waals surface area (Å²) in [7, 11) is 0. The lowest BCUT2D eigenvalue weighted by Crippen LogP contribution is -2.60. The van der Waals surface area contributed by atoms with E-state index in [0.717, 1.165) is 0 Å². The summed E-state index contributed by atoms with van der Waals surface area (Å²) < 4.78 is 20.8. The second-order valence-electron chi connectivity index (χ2n) is 7.02. The summed E-state index contributed by atoms with van der Waals surface area (Å²) in [5, 5.41) is 0. The summed E-state index contributed by atoms with van der Waals surface area (Å²) >= 11 is 0. The van der Waals surface area contributed by atoms with Crippen molar-refractivity contribution in [2.45, 2.75) is 40.5 Å². The number of carbonyl (C=O) groups excluding carboxylic acids is 4. The van der Waals surface area contributed by atoms with Gasteiger partial charge in [-0.25, -0.2) is 0 Å². The van der Waals surface area contributed by atoms with Gasteiger partial charge in [-0.3, -0.25) is 19.2 Å². The van der Waals surface area contributed by atoms with Crippen molar-refractivity contribution in [1.82, 2.24) is 0 Å². The number of hydrogen-bond acceptors (Lipinski definition) is 8. The average molecular weight is 398 g/mol. The summed E-state index contributed by atoms with van der Waals surface area (Å²) in [4.78, 5) is 50.9. The van der Waals surface area contributed by atoms with Gasteiger partial charge in [0.15, 0.2) is 0 Å². The molecule has 2 unspecified atom stereocenters. The highest BCUT2D eigenvalue weighted by molar-refractivity contribution is 5.89. The molecule has 0 aromatic heterocycles. The van der Waals surface area contributed by atoms with Crippen LogP contribution in [0.5, 0.6) is 0 Å². The lowest BCUT2D eigenvalue weighted by molar-refractivity contribution is -0.196. The molecule has 3 rings (SSSR count). The standard InChI is InChI=1S/C20H30O8/c1-5-25-17(21)13-11-9-10-12(14(13)18(22)26-6-2)16(20(24)28-8-4)15(11)19(23)27-7-3/h11-16H,5-10H2,1-4H3/t11?,12?,13-,14+,15+,16-. The average Bonchev–Trinajstić information content (AvgIpc) is 2.67. The summed E-state index contributed by atoms with van der Waals surface area (Å²) in [6, 6.07) is 0. The first-order chi connectivity index (χ1) is 13.4. The highest BCUT2D eigenvalue weighted by Crippen LogP contribution is 2.56. The van der Waals surface area contributed by atoms with E-state index >= 15 is 0 Å². The van der Waals surface area contributed by atoms with Crippen LogP contribution in [0.1, 0.15) is 40.5 Å². The van der Waals surface area contributed by atoms with Crippen molar-refractivity contribution < 1.29 is 38.1 Å². The van der Waals surface area contributed by atoms with Gasteiger partial charge in [-0.1, -0.05) is 0 Å². The molecule has 3 aliphatic rings. The molecular weight excluding hydrogens is 368 g/mol. The van der Waals surface area contributed by atoms with Crippen LogP contribution in [-0.4, -0.2) is 50.3 Å². The molecule has 0 spiro atoms. The molecule has 3 fully saturated rings. The smallest absolute Gasteiger partial charge is 0.310 e. The minimum absolute atomic E-state index is 0.160. The molecule has 0 aliphatic heterocycles. The number of rotatable bonds is 8. The Bertz CT molecular complexity index is 501. The maximum Gasteiger partial charge on any atom is 0.310 e. The first kappa shape index (κ1) is 22.2. The summed E-state index contributed by atoms with van der Waals surface area (Å²) in [6.07, 6.45) is 1.06. The lowest BCUT2D eigenvalue weighted by Gasteiger charge is -2.52. The van der Waals surface area contributed by atoms with Crippen molar-refractivity contribution in [3.8, 4) is 0 Å². The Morgan fingerprint density at radius 3 is 0.929 bits per heavy atom. The SMILES string of the molecule is CCOC(=O)[C@@H]1C2CCC([C@@H](C(=O)OCC)[C@H]2C(=O)OCC)[C@@H]1C(=O)OCC. The molecule has 3 saturated carbocycles. The van der Waals surface area contributed by atoms with E-state index < -0.39 is 59.4 Å². The van der Waals surface area contributed by atoms with Crippen LogP contribution in [-0.2, 0) is 38.1 Å². The zero-order chi connectivity index (χ0) is 20.8. The van der Waals surface area contributed by atoms with Crippen molar-refractivity contribution in [3.63, 3.8) is 0 Å². The van der Waals surface area contributed by atoms with E-state index in [4.69, 9.17) is 18.9 Å². The quantitative estimate of drug-likeness (QED) is 0.450. The van der Waals surface area contributed by atoms with E-state index in [-0.39, 0.29) is 26.4 Å². The van der Waals surface area contributed by atoms with E-state index in [0.29, 0.717) is 12.8 Å². The summed E-state index contributed by atoms with van der Waals surface area (Å²) in [5.41, 5.74) is 0. The van der Waals surface area contributed by atoms with Crippen LogP contribution < -0.4 is 0 Å². The molecule has 0 heterocycles. The molecule has 6 atom stereocenters. The molecular formula is C20H30O8. The maximum absolute atomic E-state index is 12.7. The van der Waals surface area contributed by atoms with Gasteiger partial charge in [-0.15, -0.1) is 0 Å². The van der Waals surface area contributed by atoms with E-state index in [1.165, 1.54) is 0 Å². The Morgan fingerprint density at radius 2 is 0.750 bits per heavy atom. The van der Waals surface area contributed by atoms with Crippen LogP contribution in [0.2, 0.25) is 0 Å². The Kier molecular flexibility index (Phi) is 7.83. The topological polar surface area (TPSA) is 105 Å². The van der Waals surface area contributed by atoms with Crippen LogP contribution in [0.4, 0.5) is 0 Å². The fraction of sp³-hybridized carbons (Fsp3) is 0.800. The van der Waals surface area contributed by atoms with E-state index in [1.807, 2.05) is 0 Å². The normalized spacial score (nSPS) is 31.0. The predicted molar refractivity (Wildman–Crippen MR) is 96.7 cm³/mol. The van der Waals surface area contributed by atoms with Gasteiger partial charge in [-0.2, -0.15) is 0 Å². The zero-order valence-electron chi connectivity index (χ0n) is 17.0. The molecule has 3 aliphatic carbocycles. The number of ether oxygens (including phenoxy) is 4. The Hall–Kier alpha value is -2.12. The number of esters is 4. The van der Waals surface area contributed by atoms with E-state index in [9.17, 15) is 19.2 Å². The van der Waals surface area contributed by atoms with Crippen LogP contribution >= 0.6 is 0 Å². The minimum Gasteiger partial charge on any atom is -0.466 e. The van der Waals surface area contributed by atoms with Gasteiger partial charge >= 0.3 is 23.9 Å². The molecule has 0 radical (unpaired) electrons. The number of hydrogen-bond donors (Lipinski definition) is 0. The first-order valence-electron chi connectivity index (χ1n) is 10.1. The van der Waals surface area contributed by atoms with Gasteiger partial charge in [0.05, 0.1) is 50.1 Å². The maximum atomic E-state index is 12.7. The van der Waals surface area contributed by atoms with Gasteiger partial charge in [0.25, 0.3) is 0 Å². The van der Waals surface area contributed by atoms with Crippen molar-refractivity contribution in [1.29, 1.82) is 0 Å². The van der Waals surface area contributed by atoms with Gasteiger partial charge in [0, 0.05) is 0 Å². The first-order valence-corrected chi connectivity index (χ1v) is 10.1. The second-order valence-corrected chi connectivity index (χ2v) is 7.02. The van der Waals surface area contributed by atoms with Gasteiger partial charge < -0.3 is 18.9 Å². The molecule has 2 bridgehead atoms. The third kappa shape index (κ3) is 4.15. The predicted octanol–water partition coefficient (Wildman–Crippen LogP) is 1.74. The molecule has 0 amide bonds. The van der Waals surface area contributed by atoms with E-state index in [2.05, 4.69) is 0 Å². The Morgan fingerprint density at radius 1 is 0.536 bits per heavy atom. The fourth-order valence-electron chi connectivity index (χ4n) is 4.85. The molecule has 0 N–H and O–H groups in total. The summed E-state index contributed by atoms with van der Waals surface area (Å²) in [5.74, 6) is -6.55. The molecule has 28 heavy (non-hydrogen) atoms. The van der Waals surface area contributed by atoms with Crippen molar-refractivity contribution >= 4 is 23.9 Å². The molecule has 0 saturated heterocycles. The molecule has 0 aromatic carbocycles. The van der Waals surface area contributed by atoms with Crippen LogP contribution in [0.25, 0.3) is 0 Å². The Labute approximate surface area is 165 Å². The highest BCUT2D eigenvalue weighted by Gasteiger charge is 2.64. The second kappa shape index (κ2) is 9.89. The third-order valence-corrected chi connectivity index (χ3v) is 5.69. The number of carbonyl (C=O) groups is 4. The molecule has 8 nitrogen and oxygen atoms in total. The number of fused-ring (bicyclic) bond motifs is 3. The van der Waals surface area contributed by atoms with Crippen molar-refractivity contribution in [3.05, 3.63) is 0 Å². The van der Waals surface area contributed by atoms with Crippen LogP contribution in [0.3, 0.4) is 0 Å². The largest absolute Gasteiger partial charge is 0.466 e. The monoisotopic (exact) mass is 398 g/mol. The molecule has 158 valence electrons. The van der Waals surface area contributed by atoms with Crippen molar-refractivity contribution in [2.75, 3.05) is 26.4 Å². The van der Waals surface area contributed by atoms with E-state index in [1.54, 1.807) is 27.7 Å². The Balaban J connectivity index is 2.50.